The van der Waals surface area contributed by atoms with Crippen molar-refractivity contribution in [2.45, 2.75) is 25.1 Å². The summed E-state index contributed by atoms with van der Waals surface area (Å²) in [5.41, 5.74) is 0. The number of amides is 1. The molecule has 0 aliphatic heterocycles. The van der Waals surface area contributed by atoms with Gasteiger partial charge in [0.05, 0.1) is 25.0 Å². The van der Waals surface area contributed by atoms with Crippen LogP contribution in [0.15, 0.2) is 22.8 Å². The number of nitrogens with zero attached hydrogens (tertiary/aromatic N) is 1. The molecule has 1 aromatic heterocycles. The number of hydrogen-bond acceptors (Lipinski definition) is 4. The predicted octanol–water partition coefficient (Wildman–Crippen LogP) is 1.83. The Hall–Kier alpha value is -1.43. The molecule has 1 aromatic rings. The van der Waals surface area contributed by atoms with Gasteiger partial charge in [-0.2, -0.15) is 0 Å². The minimum absolute atomic E-state index is 0.0337. The molecule has 1 atom stereocenters. The van der Waals surface area contributed by atoms with Crippen LogP contribution in [0, 0.1) is 0 Å². The van der Waals surface area contributed by atoms with Crippen LogP contribution in [0.4, 0.5) is 0 Å². The van der Waals surface area contributed by atoms with Crippen LogP contribution in [0.1, 0.15) is 19.1 Å². The number of carbonyl (C=O) groups is 2. The summed E-state index contributed by atoms with van der Waals surface area (Å²) in [6.07, 6.45) is 1.64. The highest BCUT2D eigenvalue weighted by Crippen LogP contribution is 2.15. The van der Waals surface area contributed by atoms with Gasteiger partial charge in [0.2, 0.25) is 5.91 Å². The number of hydrogen-bond donors (Lipinski definition) is 1. The van der Waals surface area contributed by atoms with Gasteiger partial charge < -0.3 is 14.4 Å². The minimum atomic E-state index is -0.841. The van der Waals surface area contributed by atoms with Crippen molar-refractivity contribution >= 4 is 23.6 Å². The monoisotopic (exact) mass is 271 g/mol. The first-order valence-corrected chi connectivity index (χ1v) is 6.63. The fourth-order valence-electron chi connectivity index (χ4n) is 1.35. The second kappa shape index (κ2) is 7.10. The van der Waals surface area contributed by atoms with Gasteiger partial charge in [-0.15, -0.1) is 11.8 Å². The topological polar surface area (TPSA) is 70.8 Å². The summed E-state index contributed by atoms with van der Waals surface area (Å²) in [5, 5.41) is 8.54. The van der Waals surface area contributed by atoms with Crippen molar-refractivity contribution in [3.8, 4) is 0 Å². The maximum Gasteiger partial charge on any atom is 0.304 e. The number of carbonyl (C=O) groups excluding carboxylic acids is 1. The van der Waals surface area contributed by atoms with E-state index < -0.39 is 5.97 Å². The standard InChI is InChI=1S/C12H17NO4S/c1-9(6-12(15)16)18-8-11(14)13(2)7-10-4-3-5-17-10/h3-5,9H,6-8H2,1-2H3,(H,15,16). The molecule has 0 spiro atoms. The quantitative estimate of drug-likeness (QED) is 0.819. The highest BCUT2D eigenvalue weighted by atomic mass is 32.2. The van der Waals surface area contributed by atoms with Crippen molar-refractivity contribution in [2.75, 3.05) is 12.8 Å². The summed E-state index contributed by atoms with van der Waals surface area (Å²) >= 11 is 1.35. The molecule has 1 unspecified atom stereocenters. The molecule has 18 heavy (non-hydrogen) atoms. The van der Waals surface area contributed by atoms with E-state index in [0.717, 1.165) is 5.76 Å². The third kappa shape index (κ3) is 5.27. The zero-order chi connectivity index (χ0) is 13.5. The number of carboxylic acid groups (broad SMARTS) is 1. The highest BCUT2D eigenvalue weighted by molar-refractivity contribution is 8.00. The van der Waals surface area contributed by atoms with E-state index in [4.69, 9.17) is 9.52 Å². The van der Waals surface area contributed by atoms with E-state index in [1.807, 2.05) is 6.07 Å². The van der Waals surface area contributed by atoms with Gasteiger partial charge in [0.15, 0.2) is 0 Å². The number of furan rings is 1. The van der Waals surface area contributed by atoms with Gasteiger partial charge in [-0.1, -0.05) is 6.92 Å². The molecular weight excluding hydrogens is 254 g/mol. The van der Waals surface area contributed by atoms with Crippen molar-refractivity contribution in [1.82, 2.24) is 4.90 Å². The number of thioether (sulfide) groups is 1. The largest absolute Gasteiger partial charge is 0.481 e. The van der Waals surface area contributed by atoms with Crippen LogP contribution in [0.2, 0.25) is 0 Å². The first kappa shape index (κ1) is 14.6. The number of rotatable bonds is 7. The van der Waals surface area contributed by atoms with Crippen LogP contribution >= 0.6 is 11.8 Å². The smallest absolute Gasteiger partial charge is 0.304 e. The third-order valence-corrected chi connectivity index (χ3v) is 3.50. The molecule has 0 saturated carbocycles. The molecule has 0 aliphatic carbocycles. The van der Waals surface area contributed by atoms with E-state index in [-0.39, 0.29) is 23.3 Å². The van der Waals surface area contributed by atoms with Gasteiger partial charge in [0.25, 0.3) is 0 Å². The maximum absolute atomic E-state index is 11.8. The van der Waals surface area contributed by atoms with Crippen LogP contribution < -0.4 is 0 Å². The molecule has 0 fully saturated rings. The third-order valence-electron chi connectivity index (χ3n) is 2.35. The Balaban J connectivity index is 2.29. The molecule has 0 aromatic carbocycles. The van der Waals surface area contributed by atoms with Crippen LogP contribution in [0.25, 0.3) is 0 Å². The Kier molecular flexibility index (Phi) is 5.77. The van der Waals surface area contributed by atoms with Gasteiger partial charge in [0.1, 0.15) is 5.76 Å². The van der Waals surface area contributed by atoms with E-state index in [1.54, 1.807) is 31.2 Å². The van der Waals surface area contributed by atoms with Gasteiger partial charge in [-0.05, 0) is 12.1 Å². The molecule has 100 valence electrons. The highest BCUT2D eigenvalue weighted by Gasteiger charge is 2.14. The fraction of sp³-hybridized carbons (Fsp3) is 0.500. The molecule has 1 N–H and O–H groups in total. The van der Waals surface area contributed by atoms with E-state index >= 15 is 0 Å². The number of carboxylic acids is 1. The second-order valence-electron chi connectivity index (χ2n) is 4.05. The Morgan fingerprint density at radius 1 is 1.56 bits per heavy atom. The molecule has 0 radical (unpaired) electrons. The van der Waals surface area contributed by atoms with Crippen LogP contribution in [0.3, 0.4) is 0 Å². The van der Waals surface area contributed by atoms with Crippen molar-refractivity contribution in [3.63, 3.8) is 0 Å². The lowest BCUT2D eigenvalue weighted by atomic mass is 10.3. The lowest BCUT2D eigenvalue weighted by molar-refractivity contribution is -0.137. The number of aliphatic carboxylic acids is 1. The van der Waals surface area contributed by atoms with Gasteiger partial charge in [-0.25, -0.2) is 0 Å². The SMILES string of the molecule is CC(CC(=O)O)SCC(=O)N(C)Cc1ccco1. The summed E-state index contributed by atoms with van der Waals surface area (Å²) in [7, 11) is 1.70. The van der Waals surface area contributed by atoms with E-state index in [9.17, 15) is 9.59 Å². The molecule has 1 amide bonds. The summed E-state index contributed by atoms with van der Waals surface area (Å²) in [6, 6.07) is 3.58. The molecule has 1 rings (SSSR count). The molecule has 0 aliphatic rings. The van der Waals surface area contributed by atoms with Gasteiger partial charge >= 0.3 is 5.97 Å². The molecule has 0 saturated heterocycles. The van der Waals surface area contributed by atoms with Gasteiger partial charge in [0, 0.05) is 12.3 Å². The lowest BCUT2D eigenvalue weighted by Gasteiger charge is -2.16. The summed E-state index contributed by atoms with van der Waals surface area (Å²) < 4.78 is 5.15. The zero-order valence-corrected chi connectivity index (χ0v) is 11.3. The average Bonchev–Trinajstić information content (AvgIpc) is 2.77. The first-order valence-electron chi connectivity index (χ1n) is 5.58. The fourth-order valence-corrected chi connectivity index (χ4v) is 2.26. The Morgan fingerprint density at radius 2 is 2.28 bits per heavy atom. The Bertz CT molecular complexity index is 391. The average molecular weight is 271 g/mol. The minimum Gasteiger partial charge on any atom is -0.481 e. The Labute approximate surface area is 110 Å². The summed E-state index contributed by atoms with van der Waals surface area (Å²) in [4.78, 5) is 23.8. The molecule has 0 bridgehead atoms. The van der Waals surface area contributed by atoms with Crippen molar-refractivity contribution in [2.24, 2.45) is 0 Å². The van der Waals surface area contributed by atoms with Crippen LogP contribution in [-0.4, -0.2) is 39.9 Å². The van der Waals surface area contributed by atoms with Crippen molar-refractivity contribution < 1.29 is 19.1 Å². The lowest BCUT2D eigenvalue weighted by Crippen LogP contribution is -2.28. The summed E-state index contributed by atoms with van der Waals surface area (Å²) in [5.74, 6) is 0.139. The molecular formula is C12H17NO4S. The van der Waals surface area contributed by atoms with Crippen LogP contribution in [-0.2, 0) is 16.1 Å². The predicted molar refractivity (Wildman–Crippen MR) is 69.4 cm³/mol. The molecule has 6 heteroatoms. The van der Waals surface area contributed by atoms with E-state index in [2.05, 4.69) is 0 Å². The van der Waals surface area contributed by atoms with E-state index in [0.29, 0.717) is 6.54 Å². The van der Waals surface area contributed by atoms with E-state index in [1.165, 1.54) is 11.8 Å². The first-order chi connectivity index (χ1) is 8.49. The summed E-state index contributed by atoms with van der Waals surface area (Å²) in [6.45, 7) is 2.23. The molecule has 1 heterocycles. The van der Waals surface area contributed by atoms with Crippen molar-refractivity contribution in [3.05, 3.63) is 24.2 Å². The Morgan fingerprint density at radius 3 is 2.83 bits per heavy atom. The van der Waals surface area contributed by atoms with Gasteiger partial charge in [-0.3, -0.25) is 9.59 Å². The van der Waals surface area contributed by atoms with Crippen LogP contribution in [0.5, 0.6) is 0 Å². The molecule has 5 nitrogen and oxygen atoms in total. The second-order valence-corrected chi connectivity index (χ2v) is 5.48. The van der Waals surface area contributed by atoms with Crippen molar-refractivity contribution in [1.29, 1.82) is 0 Å². The zero-order valence-electron chi connectivity index (χ0n) is 10.5. The normalized spacial score (nSPS) is 12.1. The maximum atomic E-state index is 11.8.